The van der Waals surface area contributed by atoms with Crippen molar-refractivity contribution in [2.75, 3.05) is 13.2 Å². The Balaban J connectivity index is 1.45. The summed E-state index contributed by atoms with van der Waals surface area (Å²) in [6.45, 7) is 23.8. The van der Waals surface area contributed by atoms with Gasteiger partial charge in [0.2, 0.25) is 5.91 Å². The SMILES string of the molecule is CC[Si](CC)(CC)O[C@@H]1[C@@H](/C=C/C(C)=C/CC2CCC(NC(=O)/C=C\C(C)O[Si](C)(C)C(C)(C)C)CC2)OCC[C@@]12CO2. The van der Waals surface area contributed by atoms with Gasteiger partial charge in [0.1, 0.15) is 17.8 Å². The van der Waals surface area contributed by atoms with E-state index in [0.717, 1.165) is 69.9 Å². The van der Waals surface area contributed by atoms with Crippen LogP contribution in [-0.4, -0.2) is 65.7 Å². The molecule has 1 saturated carbocycles. The lowest BCUT2D eigenvalue weighted by molar-refractivity contribution is -0.117. The molecule has 246 valence electrons. The van der Waals surface area contributed by atoms with Crippen molar-refractivity contribution in [2.24, 2.45) is 5.92 Å². The van der Waals surface area contributed by atoms with E-state index in [1.807, 2.05) is 13.0 Å². The summed E-state index contributed by atoms with van der Waals surface area (Å²) in [6, 6.07) is 3.67. The first-order valence-corrected chi connectivity index (χ1v) is 22.6. The molecule has 2 aliphatic heterocycles. The van der Waals surface area contributed by atoms with Crippen molar-refractivity contribution in [2.45, 2.75) is 160 Å². The summed E-state index contributed by atoms with van der Waals surface area (Å²) >= 11 is 0. The number of nitrogens with one attached hydrogen (secondary N) is 1. The predicted molar refractivity (Wildman–Crippen MR) is 183 cm³/mol. The second-order valence-corrected chi connectivity index (χ2v) is 24.4. The molecule has 0 aromatic carbocycles. The predicted octanol–water partition coefficient (Wildman–Crippen LogP) is 8.47. The van der Waals surface area contributed by atoms with Gasteiger partial charge >= 0.3 is 0 Å². The molecule has 1 aliphatic carbocycles. The smallest absolute Gasteiger partial charge is 0.243 e. The highest BCUT2D eigenvalue weighted by molar-refractivity contribution is 6.74. The number of carbonyl (C=O) groups is 1. The van der Waals surface area contributed by atoms with E-state index < -0.39 is 16.6 Å². The van der Waals surface area contributed by atoms with Gasteiger partial charge < -0.3 is 23.6 Å². The Morgan fingerprint density at radius 1 is 1.07 bits per heavy atom. The van der Waals surface area contributed by atoms with Gasteiger partial charge in [-0.05, 0) is 88.1 Å². The Morgan fingerprint density at radius 3 is 2.26 bits per heavy atom. The molecule has 0 bridgehead atoms. The highest BCUT2D eigenvalue weighted by Gasteiger charge is 2.58. The number of carbonyl (C=O) groups excluding carboxylic acids is 1. The molecule has 3 rings (SSSR count). The summed E-state index contributed by atoms with van der Waals surface area (Å²) in [7, 11) is -3.62. The molecule has 1 N–H and O–H groups in total. The third kappa shape index (κ3) is 10.2. The Morgan fingerprint density at radius 2 is 1.70 bits per heavy atom. The van der Waals surface area contributed by atoms with Crippen LogP contribution in [0.3, 0.4) is 0 Å². The lowest BCUT2D eigenvalue weighted by Gasteiger charge is -2.41. The Bertz CT molecular complexity index is 976. The van der Waals surface area contributed by atoms with Gasteiger partial charge in [0.15, 0.2) is 16.6 Å². The topological polar surface area (TPSA) is 69.3 Å². The molecule has 3 fully saturated rings. The zero-order valence-electron chi connectivity index (χ0n) is 29.1. The summed E-state index contributed by atoms with van der Waals surface area (Å²) < 4.78 is 25.6. The van der Waals surface area contributed by atoms with Crippen LogP contribution in [-0.2, 0) is 23.1 Å². The average Bonchev–Trinajstić information content (AvgIpc) is 3.73. The van der Waals surface area contributed by atoms with E-state index in [4.69, 9.17) is 18.3 Å². The van der Waals surface area contributed by atoms with Crippen LogP contribution < -0.4 is 5.32 Å². The largest absolute Gasteiger partial charge is 0.411 e. The minimum Gasteiger partial charge on any atom is -0.411 e. The Labute approximate surface area is 265 Å². The van der Waals surface area contributed by atoms with Crippen LogP contribution in [0.1, 0.15) is 93.9 Å². The summed E-state index contributed by atoms with van der Waals surface area (Å²) in [5.74, 6) is 0.665. The van der Waals surface area contributed by atoms with E-state index in [-0.39, 0.29) is 40.9 Å². The van der Waals surface area contributed by atoms with Crippen LogP contribution in [0, 0.1) is 5.92 Å². The number of epoxide rings is 1. The maximum absolute atomic E-state index is 12.6. The first-order chi connectivity index (χ1) is 20.2. The van der Waals surface area contributed by atoms with Crippen molar-refractivity contribution in [3.8, 4) is 0 Å². The molecule has 1 unspecified atom stereocenters. The molecular weight excluding hydrogens is 571 g/mol. The van der Waals surface area contributed by atoms with Crippen LogP contribution in [0.15, 0.2) is 36.0 Å². The van der Waals surface area contributed by atoms with Crippen LogP contribution in [0.5, 0.6) is 0 Å². The molecule has 0 aromatic heterocycles. The fourth-order valence-electron chi connectivity index (χ4n) is 6.26. The van der Waals surface area contributed by atoms with E-state index in [9.17, 15) is 4.79 Å². The van der Waals surface area contributed by atoms with Gasteiger partial charge in [-0.15, -0.1) is 0 Å². The zero-order valence-corrected chi connectivity index (χ0v) is 31.1. The van der Waals surface area contributed by atoms with Crippen LogP contribution in [0.25, 0.3) is 0 Å². The number of rotatable bonds is 14. The van der Waals surface area contributed by atoms with Gasteiger partial charge in [-0.1, -0.05) is 71.4 Å². The maximum Gasteiger partial charge on any atom is 0.243 e. The van der Waals surface area contributed by atoms with E-state index in [1.54, 1.807) is 6.08 Å². The second kappa shape index (κ2) is 15.5. The molecule has 8 heteroatoms. The fraction of sp³-hybridized carbons (Fsp3) is 0.800. The molecular formula is C35H63NO5Si2. The first-order valence-electron chi connectivity index (χ1n) is 17.1. The Kier molecular flexibility index (Phi) is 13.1. The lowest BCUT2D eigenvalue weighted by atomic mass is 9.83. The maximum atomic E-state index is 12.6. The average molecular weight is 634 g/mol. The van der Waals surface area contributed by atoms with Gasteiger partial charge in [0.05, 0.1) is 19.3 Å². The third-order valence-electron chi connectivity index (χ3n) is 10.8. The molecule has 0 aromatic rings. The van der Waals surface area contributed by atoms with E-state index in [0.29, 0.717) is 5.92 Å². The van der Waals surface area contributed by atoms with Crippen molar-refractivity contribution in [3.05, 3.63) is 36.0 Å². The van der Waals surface area contributed by atoms with Crippen LogP contribution in [0.4, 0.5) is 0 Å². The monoisotopic (exact) mass is 633 g/mol. The summed E-state index contributed by atoms with van der Waals surface area (Å²) in [6.07, 6.45) is 16.7. The number of amides is 1. The summed E-state index contributed by atoms with van der Waals surface area (Å²) in [5, 5.41) is 3.38. The van der Waals surface area contributed by atoms with Crippen LogP contribution >= 0.6 is 0 Å². The standard InChI is InChI=1S/C35H63NO5Si2/c1-11-43(12-2,13-3)41-33-31(38-25-24-35(33)26-39-35)22-15-27(4)14-17-29-18-20-30(21-19-29)36-32(37)23-16-28(5)40-42(9,10)34(6,7)8/h14-16,22-23,28-31,33H,11-13,17-21,24-26H2,1-10H3,(H,36,37)/b22-15+,23-16-,27-14+/t28?,29?,30?,31-,33-,35-/m1/s1. The normalized spacial score (nSPS) is 29.9. The minimum absolute atomic E-state index is 0.00248. The fourth-order valence-corrected chi connectivity index (χ4v) is 10.5. The molecule has 1 spiro atoms. The quantitative estimate of drug-likeness (QED) is 0.0899. The molecule has 2 heterocycles. The Hall–Kier alpha value is -1.04. The van der Waals surface area contributed by atoms with Gasteiger partial charge in [-0.25, -0.2) is 0 Å². The lowest BCUT2D eigenvalue weighted by Crippen LogP contribution is -2.54. The second-order valence-electron chi connectivity index (χ2n) is 14.9. The van der Waals surface area contributed by atoms with Gasteiger partial charge in [0.25, 0.3) is 0 Å². The van der Waals surface area contributed by atoms with Crippen molar-refractivity contribution >= 4 is 22.5 Å². The molecule has 1 amide bonds. The zero-order chi connectivity index (χ0) is 31.9. The van der Waals surface area contributed by atoms with Crippen molar-refractivity contribution < 1.29 is 23.1 Å². The molecule has 0 radical (unpaired) electrons. The summed E-state index contributed by atoms with van der Waals surface area (Å²) in [4.78, 5) is 12.6. The van der Waals surface area contributed by atoms with Crippen molar-refractivity contribution in [1.82, 2.24) is 5.32 Å². The molecule has 2 saturated heterocycles. The molecule has 3 aliphatic rings. The number of allylic oxidation sites excluding steroid dienone is 3. The highest BCUT2D eigenvalue weighted by Crippen LogP contribution is 2.44. The van der Waals surface area contributed by atoms with Gasteiger partial charge in [0, 0.05) is 18.5 Å². The van der Waals surface area contributed by atoms with E-state index in [2.05, 4.69) is 85.1 Å². The number of ether oxygens (including phenoxy) is 2. The van der Waals surface area contributed by atoms with Gasteiger partial charge in [-0.3, -0.25) is 4.79 Å². The molecule has 6 nitrogen and oxygen atoms in total. The van der Waals surface area contributed by atoms with Crippen molar-refractivity contribution in [1.29, 1.82) is 0 Å². The minimum atomic E-state index is -1.85. The van der Waals surface area contributed by atoms with Crippen LogP contribution in [0.2, 0.25) is 36.3 Å². The molecule has 4 atom stereocenters. The van der Waals surface area contributed by atoms with E-state index in [1.165, 1.54) is 5.57 Å². The summed E-state index contributed by atoms with van der Waals surface area (Å²) in [5.41, 5.74) is 1.14. The molecule has 43 heavy (non-hydrogen) atoms. The first kappa shape index (κ1) is 36.4. The number of hydrogen-bond donors (Lipinski definition) is 1. The third-order valence-corrected chi connectivity index (χ3v) is 20.0. The number of hydrogen-bond acceptors (Lipinski definition) is 5. The van der Waals surface area contributed by atoms with Crippen molar-refractivity contribution in [3.63, 3.8) is 0 Å². The van der Waals surface area contributed by atoms with E-state index >= 15 is 0 Å². The van der Waals surface area contributed by atoms with Gasteiger partial charge in [-0.2, -0.15) is 0 Å². The highest BCUT2D eigenvalue weighted by atomic mass is 28.4.